The SMILES string of the molecule is CN1CC(=O)N2[C@@H](CC(=O)O)C(=O)N(CC3=CCCC=C3Cl)C[C@@H]2N1C(=O)NCc1ccccc1. The molecule has 1 aliphatic carbocycles. The highest BCUT2D eigenvalue weighted by molar-refractivity contribution is 6.32. The number of nitrogens with one attached hydrogen (secondary N) is 1. The number of fused-ring (bicyclic) bond motifs is 1. The number of rotatable bonds is 6. The van der Waals surface area contributed by atoms with Gasteiger partial charge in [-0.15, -0.1) is 0 Å². The van der Waals surface area contributed by atoms with Crippen molar-refractivity contribution in [2.75, 3.05) is 26.7 Å². The molecule has 4 amide bonds. The molecule has 10 nitrogen and oxygen atoms in total. The van der Waals surface area contributed by atoms with Crippen molar-refractivity contribution in [2.45, 2.75) is 38.0 Å². The van der Waals surface area contributed by atoms with Gasteiger partial charge in [-0.05, 0) is 24.0 Å². The number of likely N-dealkylation sites (N-methyl/N-ethyl adjacent to an activating group) is 1. The zero-order valence-electron chi connectivity index (χ0n) is 19.4. The molecule has 1 aromatic carbocycles. The van der Waals surface area contributed by atoms with Crippen molar-refractivity contribution in [3.8, 4) is 0 Å². The van der Waals surface area contributed by atoms with Crippen molar-refractivity contribution in [2.24, 2.45) is 0 Å². The Bertz CT molecular complexity index is 1080. The fraction of sp³-hybridized carbons (Fsp3) is 0.417. The van der Waals surface area contributed by atoms with Crippen LogP contribution in [0.2, 0.25) is 0 Å². The lowest BCUT2D eigenvalue weighted by atomic mass is 10.0. The topological polar surface area (TPSA) is 114 Å². The third-order valence-corrected chi connectivity index (χ3v) is 6.75. The number of amides is 4. The minimum atomic E-state index is -1.22. The summed E-state index contributed by atoms with van der Waals surface area (Å²) in [6.45, 7) is 0.328. The summed E-state index contributed by atoms with van der Waals surface area (Å²) in [5.41, 5.74) is 1.67. The van der Waals surface area contributed by atoms with Gasteiger partial charge in [0, 0.05) is 25.2 Å². The maximum absolute atomic E-state index is 13.4. The first-order valence-electron chi connectivity index (χ1n) is 11.4. The van der Waals surface area contributed by atoms with E-state index in [0.717, 1.165) is 24.0 Å². The monoisotopic (exact) mass is 501 g/mol. The van der Waals surface area contributed by atoms with Gasteiger partial charge in [-0.3, -0.25) is 14.4 Å². The smallest absolute Gasteiger partial charge is 0.334 e. The molecule has 3 aliphatic rings. The second kappa shape index (κ2) is 10.5. The van der Waals surface area contributed by atoms with Crippen LogP contribution in [0.15, 0.2) is 53.1 Å². The molecule has 2 N–H and O–H groups in total. The summed E-state index contributed by atoms with van der Waals surface area (Å²) < 4.78 is 0. The molecule has 0 saturated carbocycles. The largest absolute Gasteiger partial charge is 0.481 e. The highest BCUT2D eigenvalue weighted by Gasteiger charge is 2.51. The van der Waals surface area contributed by atoms with Gasteiger partial charge in [0.15, 0.2) is 0 Å². The number of carbonyl (C=O) groups excluding carboxylic acids is 3. The Balaban J connectivity index is 1.61. The molecule has 0 spiro atoms. The number of allylic oxidation sites excluding steroid dienone is 2. The molecule has 1 aromatic rings. The molecule has 2 aliphatic heterocycles. The van der Waals surface area contributed by atoms with Crippen molar-refractivity contribution in [3.05, 3.63) is 58.7 Å². The summed E-state index contributed by atoms with van der Waals surface area (Å²) in [5.74, 6) is -2.08. The van der Waals surface area contributed by atoms with Crippen LogP contribution in [-0.2, 0) is 20.9 Å². The molecule has 186 valence electrons. The minimum Gasteiger partial charge on any atom is -0.481 e. The van der Waals surface area contributed by atoms with Gasteiger partial charge in [0.25, 0.3) is 0 Å². The zero-order chi connectivity index (χ0) is 25.1. The number of hydrogen-bond donors (Lipinski definition) is 2. The van der Waals surface area contributed by atoms with E-state index in [2.05, 4.69) is 5.32 Å². The summed E-state index contributed by atoms with van der Waals surface area (Å²) >= 11 is 6.35. The molecule has 2 fully saturated rings. The first-order chi connectivity index (χ1) is 16.8. The third kappa shape index (κ3) is 5.33. The maximum atomic E-state index is 13.4. The average molecular weight is 502 g/mol. The summed E-state index contributed by atoms with van der Waals surface area (Å²) in [7, 11) is 1.62. The highest BCUT2D eigenvalue weighted by atomic mass is 35.5. The van der Waals surface area contributed by atoms with E-state index in [1.807, 2.05) is 42.5 Å². The molecule has 2 saturated heterocycles. The van der Waals surface area contributed by atoms with Gasteiger partial charge in [-0.25, -0.2) is 14.8 Å². The van der Waals surface area contributed by atoms with E-state index in [1.165, 1.54) is 19.8 Å². The van der Waals surface area contributed by atoms with Gasteiger partial charge in [0.2, 0.25) is 11.8 Å². The van der Waals surface area contributed by atoms with Gasteiger partial charge in [0.1, 0.15) is 12.2 Å². The Hall–Kier alpha value is -3.37. The molecule has 0 aromatic heterocycles. The second-order valence-electron chi connectivity index (χ2n) is 8.78. The molecule has 35 heavy (non-hydrogen) atoms. The Labute approximate surface area is 208 Å². The van der Waals surface area contributed by atoms with Crippen LogP contribution >= 0.6 is 11.6 Å². The van der Waals surface area contributed by atoms with Crippen molar-refractivity contribution in [1.29, 1.82) is 0 Å². The summed E-state index contributed by atoms with van der Waals surface area (Å²) in [5, 5.41) is 15.8. The van der Waals surface area contributed by atoms with Crippen LogP contribution < -0.4 is 5.32 Å². The van der Waals surface area contributed by atoms with E-state index in [1.54, 1.807) is 7.05 Å². The summed E-state index contributed by atoms with van der Waals surface area (Å²) in [6, 6.07) is 7.72. The number of nitrogens with zero attached hydrogens (tertiary/aromatic N) is 4. The number of aliphatic carboxylic acids is 1. The number of urea groups is 1. The number of halogens is 1. The molecule has 4 rings (SSSR count). The fourth-order valence-electron chi connectivity index (χ4n) is 4.71. The van der Waals surface area contributed by atoms with Crippen LogP contribution in [-0.4, -0.2) is 87.6 Å². The van der Waals surface area contributed by atoms with Crippen LogP contribution in [0.5, 0.6) is 0 Å². The molecular formula is C24H28ClN5O5. The lowest BCUT2D eigenvalue weighted by molar-refractivity contribution is -0.188. The van der Waals surface area contributed by atoms with Gasteiger partial charge in [-0.1, -0.05) is 54.1 Å². The molecule has 2 heterocycles. The normalized spacial score (nSPS) is 23.0. The van der Waals surface area contributed by atoms with Gasteiger partial charge in [-0.2, -0.15) is 0 Å². The quantitative estimate of drug-likeness (QED) is 0.614. The maximum Gasteiger partial charge on any atom is 0.334 e. The second-order valence-corrected chi connectivity index (χ2v) is 9.18. The van der Waals surface area contributed by atoms with Crippen LogP contribution in [0.25, 0.3) is 0 Å². The molecular weight excluding hydrogens is 474 g/mol. The van der Waals surface area contributed by atoms with Crippen LogP contribution in [0.4, 0.5) is 4.79 Å². The first kappa shape index (κ1) is 24.7. The van der Waals surface area contributed by atoms with E-state index in [4.69, 9.17) is 11.6 Å². The highest BCUT2D eigenvalue weighted by Crippen LogP contribution is 2.30. The number of hydrazine groups is 1. The predicted molar refractivity (Wildman–Crippen MR) is 128 cm³/mol. The summed E-state index contributed by atoms with van der Waals surface area (Å²) in [6.07, 6.45) is 4.03. The van der Waals surface area contributed by atoms with E-state index in [-0.39, 0.29) is 26.2 Å². The standard InChI is InChI=1S/C24H28ClN5O5/c1-27-15-21(31)29-19(11-22(32)33)23(34)28(13-17-9-5-6-10-18(17)25)14-20(29)30(27)24(35)26-12-16-7-3-2-4-8-16/h2-4,7-10,19-20H,5-6,11-15H2,1H3,(H,26,35)(H,32,33)/t19-,20-/m0/s1. The Morgan fingerprint density at radius 1 is 1.14 bits per heavy atom. The van der Waals surface area contributed by atoms with E-state index >= 15 is 0 Å². The minimum absolute atomic E-state index is 0.0330. The van der Waals surface area contributed by atoms with Crippen LogP contribution in [0.1, 0.15) is 24.8 Å². The molecule has 0 bridgehead atoms. The zero-order valence-corrected chi connectivity index (χ0v) is 20.1. The predicted octanol–water partition coefficient (Wildman–Crippen LogP) is 1.74. The number of carboxylic acids is 1. The van der Waals surface area contributed by atoms with E-state index in [9.17, 15) is 24.3 Å². The van der Waals surface area contributed by atoms with Crippen molar-refractivity contribution >= 4 is 35.4 Å². The van der Waals surface area contributed by atoms with Gasteiger partial charge in [0.05, 0.1) is 19.5 Å². The third-order valence-electron chi connectivity index (χ3n) is 6.35. The molecule has 2 atom stereocenters. The van der Waals surface area contributed by atoms with Crippen LogP contribution in [0, 0.1) is 0 Å². The fourth-order valence-corrected chi connectivity index (χ4v) is 4.96. The molecule has 11 heteroatoms. The lowest BCUT2D eigenvalue weighted by Crippen LogP contribution is -2.76. The van der Waals surface area contributed by atoms with Crippen LogP contribution in [0.3, 0.4) is 0 Å². The number of carbonyl (C=O) groups is 4. The first-order valence-corrected chi connectivity index (χ1v) is 11.8. The van der Waals surface area contributed by atoms with Crippen molar-refractivity contribution in [3.63, 3.8) is 0 Å². The Kier molecular flexibility index (Phi) is 7.42. The average Bonchev–Trinajstić information content (AvgIpc) is 2.82. The number of carboxylic acid groups (broad SMARTS) is 1. The Morgan fingerprint density at radius 3 is 2.54 bits per heavy atom. The number of piperazine rings is 1. The molecule has 0 unspecified atom stereocenters. The number of benzene rings is 1. The molecule has 0 radical (unpaired) electrons. The van der Waals surface area contributed by atoms with E-state index in [0.29, 0.717) is 5.03 Å². The van der Waals surface area contributed by atoms with Gasteiger partial charge < -0.3 is 20.2 Å². The van der Waals surface area contributed by atoms with E-state index < -0.39 is 42.4 Å². The lowest BCUT2D eigenvalue weighted by Gasteiger charge is -2.54. The Morgan fingerprint density at radius 2 is 1.86 bits per heavy atom. The van der Waals surface area contributed by atoms with Crippen molar-refractivity contribution < 1.29 is 24.3 Å². The number of hydrogen-bond acceptors (Lipinski definition) is 5. The van der Waals surface area contributed by atoms with Crippen molar-refractivity contribution in [1.82, 2.24) is 25.1 Å². The van der Waals surface area contributed by atoms with Gasteiger partial charge >= 0.3 is 12.0 Å². The summed E-state index contributed by atoms with van der Waals surface area (Å²) in [4.78, 5) is 54.0.